The van der Waals surface area contributed by atoms with Gasteiger partial charge in [0, 0.05) is 25.8 Å². The third kappa shape index (κ3) is 3.46. The van der Waals surface area contributed by atoms with E-state index < -0.39 is 11.2 Å². The van der Waals surface area contributed by atoms with Crippen LogP contribution in [0, 0.1) is 18.3 Å². The molecular formula is C21H24N4O5. The van der Waals surface area contributed by atoms with Crippen molar-refractivity contribution < 1.29 is 14.6 Å². The fourth-order valence-corrected chi connectivity index (χ4v) is 3.36. The number of imidazole rings is 1. The quantitative estimate of drug-likeness (QED) is 0.578. The first-order valence-corrected chi connectivity index (χ1v) is 9.34. The molecule has 2 heterocycles. The molecule has 0 unspecified atom stereocenters. The van der Waals surface area contributed by atoms with Crippen LogP contribution in [0.1, 0.15) is 6.92 Å². The van der Waals surface area contributed by atoms with E-state index in [1.807, 2.05) is 0 Å². The van der Waals surface area contributed by atoms with Crippen molar-refractivity contribution in [1.29, 1.82) is 0 Å². The summed E-state index contributed by atoms with van der Waals surface area (Å²) in [6.07, 6.45) is 5.37. The van der Waals surface area contributed by atoms with Gasteiger partial charge < -0.3 is 19.1 Å². The molecule has 1 N–H and O–H groups in total. The Morgan fingerprint density at radius 1 is 1.20 bits per heavy atom. The Kier molecular flexibility index (Phi) is 5.99. The minimum atomic E-state index is -0.553. The number of aromatic nitrogens is 4. The highest BCUT2D eigenvalue weighted by atomic mass is 16.5. The lowest BCUT2D eigenvalue weighted by Gasteiger charge is -2.13. The minimum Gasteiger partial charge on any atom is -0.493 e. The Bertz CT molecular complexity index is 1250. The molecule has 0 radical (unpaired) electrons. The number of rotatable bonds is 7. The molecule has 9 nitrogen and oxygen atoms in total. The summed E-state index contributed by atoms with van der Waals surface area (Å²) in [5.41, 5.74) is 0.111. The maximum atomic E-state index is 13.0. The smallest absolute Gasteiger partial charge is 0.333 e. The van der Waals surface area contributed by atoms with Gasteiger partial charge in [-0.15, -0.1) is 6.42 Å². The highest BCUT2D eigenvalue weighted by Crippen LogP contribution is 2.32. The van der Waals surface area contributed by atoms with E-state index in [0.717, 1.165) is 4.57 Å². The van der Waals surface area contributed by atoms with Crippen molar-refractivity contribution in [2.75, 3.05) is 20.8 Å². The molecule has 3 rings (SSSR count). The molecule has 2 aromatic heterocycles. The van der Waals surface area contributed by atoms with Crippen molar-refractivity contribution >= 4 is 11.2 Å². The summed E-state index contributed by atoms with van der Waals surface area (Å²) >= 11 is 0. The average Bonchev–Trinajstić information content (AvgIpc) is 3.10. The molecule has 1 aromatic carbocycles. The van der Waals surface area contributed by atoms with Gasteiger partial charge in [0.15, 0.2) is 22.7 Å². The first-order chi connectivity index (χ1) is 14.4. The van der Waals surface area contributed by atoms with Crippen LogP contribution in [0.2, 0.25) is 0 Å². The van der Waals surface area contributed by atoms with Gasteiger partial charge in [0.2, 0.25) is 0 Å². The normalized spacial score (nSPS) is 12.0. The third-order valence-electron chi connectivity index (χ3n) is 4.94. The number of aryl methyl sites for hydroxylation is 1. The molecule has 0 aliphatic heterocycles. The van der Waals surface area contributed by atoms with E-state index in [1.54, 1.807) is 43.8 Å². The van der Waals surface area contributed by atoms with Gasteiger partial charge in [0.25, 0.3) is 5.56 Å². The molecule has 0 aliphatic rings. The van der Waals surface area contributed by atoms with Crippen molar-refractivity contribution in [2.45, 2.75) is 20.0 Å². The van der Waals surface area contributed by atoms with Crippen molar-refractivity contribution in [1.82, 2.24) is 18.7 Å². The summed E-state index contributed by atoms with van der Waals surface area (Å²) in [6.45, 7) is 1.72. The number of nitrogens with zero attached hydrogens (tertiary/aromatic N) is 4. The lowest BCUT2D eigenvalue weighted by atomic mass is 10.2. The average molecular weight is 412 g/mol. The van der Waals surface area contributed by atoms with Crippen LogP contribution in [-0.4, -0.2) is 44.6 Å². The molecule has 1 atom stereocenters. The molecule has 0 saturated heterocycles. The molecule has 9 heteroatoms. The van der Waals surface area contributed by atoms with Gasteiger partial charge in [-0.2, -0.15) is 0 Å². The molecule has 0 saturated carbocycles. The first-order valence-electron chi connectivity index (χ1n) is 9.34. The molecule has 0 fully saturated rings. The molecule has 3 aromatic rings. The van der Waals surface area contributed by atoms with Gasteiger partial charge >= 0.3 is 5.69 Å². The highest BCUT2D eigenvalue weighted by molar-refractivity contribution is 5.77. The second-order valence-corrected chi connectivity index (χ2v) is 7.01. The lowest BCUT2D eigenvalue weighted by Crippen LogP contribution is -2.41. The maximum Gasteiger partial charge on any atom is 0.333 e. The molecule has 0 aliphatic carbocycles. The zero-order chi connectivity index (χ0) is 22.0. The van der Waals surface area contributed by atoms with Crippen LogP contribution in [0.4, 0.5) is 0 Å². The summed E-state index contributed by atoms with van der Waals surface area (Å²) < 4.78 is 14.7. The largest absolute Gasteiger partial charge is 0.493 e. The van der Waals surface area contributed by atoms with Crippen molar-refractivity contribution in [3.05, 3.63) is 39.0 Å². The van der Waals surface area contributed by atoms with Crippen LogP contribution in [0.5, 0.6) is 11.5 Å². The zero-order valence-corrected chi connectivity index (χ0v) is 17.4. The molecular weight excluding hydrogens is 388 g/mol. The van der Waals surface area contributed by atoms with Crippen molar-refractivity contribution in [3.63, 3.8) is 0 Å². The number of methoxy groups -OCH3 is 2. The molecule has 158 valence electrons. The highest BCUT2D eigenvalue weighted by Gasteiger charge is 2.22. The SMILES string of the molecule is C#CCn1c(=O)c2c(nc(-c3ccc(OC)c(OC)c3)n2C)n(C[C@@H](C)CO)c1=O. The molecule has 30 heavy (non-hydrogen) atoms. The predicted octanol–water partition coefficient (Wildman–Crippen LogP) is 0.842. The number of terminal acetylenes is 1. The summed E-state index contributed by atoms with van der Waals surface area (Å²) in [7, 11) is 4.78. The molecule has 0 spiro atoms. The Morgan fingerprint density at radius 2 is 1.90 bits per heavy atom. The van der Waals surface area contributed by atoms with Crippen molar-refractivity contribution in [3.8, 4) is 35.2 Å². The summed E-state index contributed by atoms with van der Waals surface area (Å²) in [6, 6.07) is 5.28. The van der Waals surface area contributed by atoms with Gasteiger partial charge in [-0.05, 0) is 24.1 Å². The lowest BCUT2D eigenvalue weighted by molar-refractivity contribution is 0.222. The molecule has 0 bridgehead atoms. The van der Waals surface area contributed by atoms with Crippen molar-refractivity contribution in [2.24, 2.45) is 13.0 Å². The van der Waals surface area contributed by atoms with E-state index >= 15 is 0 Å². The van der Waals surface area contributed by atoms with E-state index in [-0.39, 0.29) is 36.8 Å². The van der Waals surface area contributed by atoms with Gasteiger partial charge in [0.1, 0.15) is 5.82 Å². The van der Waals surface area contributed by atoms with E-state index in [9.17, 15) is 14.7 Å². The van der Waals surface area contributed by atoms with E-state index in [1.165, 1.54) is 11.7 Å². The van der Waals surface area contributed by atoms with Crippen LogP contribution in [-0.2, 0) is 20.1 Å². The second kappa shape index (κ2) is 8.47. The summed E-state index contributed by atoms with van der Waals surface area (Å²) in [5, 5.41) is 9.46. The fourth-order valence-electron chi connectivity index (χ4n) is 3.36. The number of aliphatic hydroxyl groups is 1. The van der Waals surface area contributed by atoms with Crippen LogP contribution >= 0.6 is 0 Å². The van der Waals surface area contributed by atoms with Gasteiger partial charge in [-0.1, -0.05) is 12.8 Å². The van der Waals surface area contributed by atoms with Crippen LogP contribution in [0.25, 0.3) is 22.6 Å². The minimum absolute atomic E-state index is 0.114. The standard InChI is InChI=1S/C21H24N4O5/c1-6-9-24-20(27)17-19(25(21(24)28)11-13(2)12-26)22-18(23(17)3)14-7-8-15(29-4)16(10-14)30-5/h1,7-8,10,13,26H,9,11-12H2,2-5H3/t13-/m1/s1. The van der Waals surface area contributed by atoms with Gasteiger partial charge in [-0.3, -0.25) is 9.36 Å². The number of ether oxygens (including phenoxy) is 2. The molecule has 0 amide bonds. The Hall–Kier alpha value is -3.51. The second-order valence-electron chi connectivity index (χ2n) is 7.01. The number of benzene rings is 1. The monoisotopic (exact) mass is 412 g/mol. The van der Waals surface area contributed by atoms with Crippen LogP contribution < -0.4 is 20.7 Å². The van der Waals surface area contributed by atoms with E-state index in [0.29, 0.717) is 22.9 Å². The predicted molar refractivity (Wildman–Crippen MR) is 113 cm³/mol. The summed E-state index contributed by atoms with van der Waals surface area (Å²) in [4.78, 5) is 30.6. The van der Waals surface area contributed by atoms with E-state index in [2.05, 4.69) is 10.9 Å². The third-order valence-corrected chi connectivity index (χ3v) is 4.94. The maximum absolute atomic E-state index is 13.0. The van der Waals surface area contributed by atoms with E-state index in [4.69, 9.17) is 15.9 Å². The van der Waals surface area contributed by atoms with Gasteiger partial charge in [0.05, 0.1) is 20.8 Å². The topological polar surface area (TPSA) is 101 Å². The Morgan fingerprint density at radius 3 is 2.50 bits per heavy atom. The zero-order valence-electron chi connectivity index (χ0n) is 17.4. The van der Waals surface area contributed by atoms with Crippen LogP contribution in [0.15, 0.2) is 27.8 Å². The van der Waals surface area contributed by atoms with Crippen LogP contribution in [0.3, 0.4) is 0 Å². The Balaban J connectivity index is 2.35. The number of fused-ring (bicyclic) bond motifs is 1. The number of hydrogen-bond acceptors (Lipinski definition) is 6. The summed E-state index contributed by atoms with van der Waals surface area (Å²) in [5.74, 6) is 3.69. The van der Waals surface area contributed by atoms with Gasteiger partial charge in [-0.25, -0.2) is 14.3 Å². The Labute approximate surface area is 173 Å². The fraction of sp³-hybridized carbons (Fsp3) is 0.381. The first kappa shape index (κ1) is 21.2. The number of aliphatic hydroxyl groups excluding tert-OH is 1. The number of hydrogen-bond donors (Lipinski definition) is 1.